The smallest absolute Gasteiger partial charge is 0.0784 e. The highest BCUT2D eigenvalue weighted by atomic mass is 16.5. The Morgan fingerprint density at radius 2 is 1.93 bits per heavy atom. The van der Waals surface area contributed by atoms with E-state index in [1.807, 2.05) is 6.92 Å². The molecule has 0 radical (unpaired) electrons. The first-order chi connectivity index (χ1) is 6.72. The van der Waals surface area contributed by atoms with E-state index in [2.05, 4.69) is 6.92 Å². The molecule has 1 saturated carbocycles. The first-order valence-electron chi connectivity index (χ1n) is 5.71. The summed E-state index contributed by atoms with van der Waals surface area (Å²) in [5.41, 5.74) is 5.83. The summed E-state index contributed by atoms with van der Waals surface area (Å²) >= 11 is 0. The van der Waals surface area contributed by atoms with E-state index in [1.54, 1.807) is 0 Å². The van der Waals surface area contributed by atoms with Crippen LogP contribution in [0.15, 0.2) is 0 Å². The molecule has 1 aliphatic carbocycles. The molecule has 0 aliphatic heterocycles. The van der Waals surface area contributed by atoms with Crippen molar-refractivity contribution in [3.05, 3.63) is 0 Å². The second kappa shape index (κ2) is 6.38. The van der Waals surface area contributed by atoms with Gasteiger partial charge in [-0.1, -0.05) is 0 Å². The predicted molar refractivity (Wildman–Crippen MR) is 57.3 cm³/mol. The Hall–Kier alpha value is -0.120. The molecule has 3 nitrogen and oxygen atoms in total. The van der Waals surface area contributed by atoms with Crippen LogP contribution in [0.1, 0.15) is 39.5 Å². The van der Waals surface area contributed by atoms with Gasteiger partial charge in [-0.05, 0) is 39.5 Å². The van der Waals surface area contributed by atoms with Gasteiger partial charge in [-0.25, -0.2) is 0 Å². The molecule has 0 aromatic carbocycles. The van der Waals surface area contributed by atoms with Crippen LogP contribution in [0.25, 0.3) is 0 Å². The van der Waals surface area contributed by atoms with Crippen LogP contribution in [0.2, 0.25) is 0 Å². The molecule has 0 spiro atoms. The van der Waals surface area contributed by atoms with Gasteiger partial charge in [0, 0.05) is 12.6 Å². The molecule has 1 rings (SSSR count). The van der Waals surface area contributed by atoms with E-state index in [1.165, 1.54) is 0 Å². The number of hydrogen-bond acceptors (Lipinski definition) is 3. The third-order valence-electron chi connectivity index (χ3n) is 2.70. The summed E-state index contributed by atoms with van der Waals surface area (Å²) in [6.45, 7) is 5.55. The summed E-state index contributed by atoms with van der Waals surface area (Å²) in [7, 11) is 0. The molecule has 0 heterocycles. The van der Waals surface area contributed by atoms with Crippen LogP contribution in [0.3, 0.4) is 0 Å². The molecule has 0 saturated heterocycles. The normalized spacial score (nSPS) is 30.2. The van der Waals surface area contributed by atoms with Gasteiger partial charge in [0.1, 0.15) is 0 Å². The minimum absolute atomic E-state index is 0.217. The van der Waals surface area contributed by atoms with Gasteiger partial charge in [-0.15, -0.1) is 0 Å². The first-order valence-corrected chi connectivity index (χ1v) is 5.71. The summed E-state index contributed by atoms with van der Waals surface area (Å²) in [6.07, 6.45) is 5.05. The minimum atomic E-state index is 0.217. The van der Waals surface area contributed by atoms with Crippen LogP contribution in [-0.2, 0) is 9.47 Å². The van der Waals surface area contributed by atoms with Crippen molar-refractivity contribution in [2.45, 2.75) is 57.8 Å². The van der Waals surface area contributed by atoms with E-state index in [0.717, 1.165) is 32.3 Å². The van der Waals surface area contributed by atoms with E-state index >= 15 is 0 Å². The highest BCUT2D eigenvalue weighted by Crippen LogP contribution is 2.20. The van der Waals surface area contributed by atoms with Crippen molar-refractivity contribution in [2.75, 3.05) is 13.2 Å². The van der Waals surface area contributed by atoms with E-state index in [4.69, 9.17) is 15.2 Å². The van der Waals surface area contributed by atoms with E-state index in [0.29, 0.717) is 18.8 Å². The van der Waals surface area contributed by atoms with Crippen molar-refractivity contribution in [1.29, 1.82) is 0 Å². The van der Waals surface area contributed by atoms with Gasteiger partial charge in [-0.3, -0.25) is 0 Å². The van der Waals surface area contributed by atoms with Gasteiger partial charge >= 0.3 is 0 Å². The Morgan fingerprint density at radius 1 is 1.29 bits per heavy atom. The second-order valence-electron chi connectivity index (χ2n) is 4.14. The van der Waals surface area contributed by atoms with Crippen LogP contribution in [0, 0.1) is 0 Å². The van der Waals surface area contributed by atoms with Crippen LogP contribution < -0.4 is 5.73 Å². The zero-order valence-corrected chi connectivity index (χ0v) is 9.37. The number of nitrogens with two attached hydrogens (primary N) is 1. The van der Waals surface area contributed by atoms with Gasteiger partial charge in [0.25, 0.3) is 0 Å². The standard InChI is InChI=1S/C11H23NO2/c1-3-13-8-9(2)14-11-6-4-10(12)5-7-11/h9-11H,3-8,12H2,1-2H3. The SMILES string of the molecule is CCOCC(C)OC1CCC(N)CC1. The molecule has 0 bridgehead atoms. The predicted octanol–water partition coefficient (Wildman–Crippen LogP) is 1.70. The summed E-state index contributed by atoms with van der Waals surface area (Å²) < 4.78 is 11.2. The maximum atomic E-state index is 5.86. The third kappa shape index (κ3) is 4.40. The summed E-state index contributed by atoms with van der Waals surface area (Å²) in [5.74, 6) is 0. The summed E-state index contributed by atoms with van der Waals surface area (Å²) in [4.78, 5) is 0. The van der Waals surface area contributed by atoms with E-state index < -0.39 is 0 Å². The Balaban J connectivity index is 2.10. The fourth-order valence-electron chi connectivity index (χ4n) is 1.88. The Bertz CT molecular complexity index is 144. The molecule has 1 unspecified atom stereocenters. The number of rotatable bonds is 5. The fourth-order valence-corrected chi connectivity index (χ4v) is 1.88. The lowest BCUT2D eigenvalue weighted by atomic mass is 9.93. The molecule has 1 fully saturated rings. The van der Waals surface area contributed by atoms with Crippen LogP contribution >= 0.6 is 0 Å². The van der Waals surface area contributed by atoms with E-state index in [-0.39, 0.29) is 6.10 Å². The minimum Gasteiger partial charge on any atom is -0.379 e. The zero-order valence-electron chi connectivity index (χ0n) is 9.37. The van der Waals surface area contributed by atoms with Gasteiger partial charge in [0.15, 0.2) is 0 Å². The number of hydrogen-bond donors (Lipinski definition) is 1. The van der Waals surface area contributed by atoms with Crippen LogP contribution in [0.4, 0.5) is 0 Å². The Morgan fingerprint density at radius 3 is 2.50 bits per heavy atom. The monoisotopic (exact) mass is 201 g/mol. The summed E-state index contributed by atoms with van der Waals surface area (Å²) in [6, 6.07) is 0.400. The highest BCUT2D eigenvalue weighted by Gasteiger charge is 2.20. The maximum Gasteiger partial charge on any atom is 0.0784 e. The van der Waals surface area contributed by atoms with Crippen LogP contribution in [0.5, 0.6) is 0 Å². The molecule has 0 amide bonds. The Kier molecular flexibility index (Phi) is 5.45. The lowest BCUT2D eigenvalue weighted by molar-refractivity contribution is -0.0596. The number of ether oxygens (including phenoxy) is 2. The van der Waals surface area contributed by atoms with Crippen molar-refractivity contribution in [3.63, 3.8) is 0 Å². The maximum absolute atomic E-state index is 5.86. The lowest BCUT2D eigenvalue weighted by Gasteiger charge is -2.28. The van der Waals surface area contributed by atoms with Crippen molar-refractivity contribution in [1.82, 2.24) is 0 Å². The van der Waals surface area contributed by atoms with Gasteiger partial charge < -0.3 is 15.2 Å². The van der Waals surface area contributed by atoms with Crippen LogP contribution in [-0.4, -0.2) is 31.5 Å². The fraction of sp³-hybridized carbons (Fsp3) is 1.00. The summed E-state index contributed by atoms with van der Waals surface area (Å²) in [5, 5.41) is 0. The first kappa shape index (κ1) is 12.0. The molecule has 1 atom stereocenters. The quantitative estimate of drug-likeness (QED) is 0.736. The second-order valence-corrected chi connectivity index (χ2v) is 4.14. The molecular formula is C11H23NO2. The third-order valence-corrected chi connectivity index (χ3v) is 2.70. The molecule has 1 aliphatic rings. The Labute approximate surface area is 86.9 Å². The van der Waals surface area contributed by atoms with Crippen molar-refractivity contribution in [3.8, 4) is 0 Å². The molecule has 3 heteroatoms. The lowest BCUT2D eigenvalue weighted by Crippen LogP contribution is -2.33. The van der Waals surface area contributed by atoms with Gasteiger partial charge in [0.05, 0.1) is 18.8 Å². The average Bonchev–Trinajstić information content (AvgIpc) is 2.18. The molecule has 84 valence electrons. The molecule has 0 aromatic rings. The van der Waals surface area contributed by atoms with Crippen molar-refractivity contribution >= 4 is 0 Å². The zero-order chi connectivity index (χ0) is 10.4. The molecular weight excluding hydrogens is 178 g/mol. The highest BCUT2D eigenvalue weighted by molar-refractivity contribution is 4.75. The van der Waals surface area contributed by atoms with Crippen molar-refractivity contribution < 1.29 is 9.47 Å². The molecule has 2 N–H and O–H groups in total. The molecule has 0 aromatic heterocycles. The topological polar surface area (TPSA) is 44.5 Å². The molecule has 14 heavy (non-hydrogen) atoms. The van der Waals surface area contributed by atoms with E-state index in [9.17, 15) is 0 Å². The average molecular weight is 201 g/mol. The largest absolute Gasteiger partial charge is 0.379 e. The van der Waals surface area contributed by atoms with Crippen molar-refractivity contribution in [2.24, 2.45) is 5.73 Å². The van der Waals surface area contributed by atoms with Gasteiger partial charge in [0.2, 0.25) is 0 Å². The van der Waals surface area contributed by atoms with Gasteiger partial charge in [-0.2, -0.15) is 0 Å².